The number of carboxylic acid groups (broad SMARTS) is 2. The third-order valence-corrected chi connectivity index (χ3v) is 19.0. The first-order valence-corrected chi connectivity index (χ1v) is 40.0. The Hall–Kier alpha value is -1.06. The first-order chi connectivity index (χ1) is 41.5. The molecule has 0 aliphatic heterocycles. The van der Waals surface area contributed by atoms with Gasteiger partial charge in [-0.2, -0.15) is 0 Å². The van der Waals surface area contributed by atoms with Crippen molar-refractivity contribution in [3.63, 3.8) is 0 Å². The predicted octanol–water partition coefficient (Wildman–Crippen LogP) is 29.8. The van der Waals surface area contributed by atoms with Gasteiger partial charge in [-0.05, 0) is 12.8 Å². The molecule has 4 heteroatoms. The van der Waals surface area contributed by atoms with Gasteiger partial charge in [0.15, 0.2) is 0 Å². The van der Waals surface area contributed by atoms with Gasteiger partial charge in [0.1, 0.15) is 0 Å². The minimum Gasteiger partial charge on any atom is -0.481 e. The second-order valence-corrected chi connectivity index (χ2v) is 27.7. The lowest BCUT2D eigenvalue weighted by Crippen LogP contribution is -1.93. The van der Waals surface area contributed by atoms with Crippen molar-refractivity contribution in [1.29, 1.82) is 0 Å². The Balaban J connectivity index is 0. The van der Waals surface area contributed by atoms with Gasteiger partial charge in [0.25, 0.3) is 0 Å². The minimum atomic E-state index is -0.647. The van der Waals surface area contributed by atoms with Crippen molar-refractivity contribution in [2.75, 3.05) is 0 Å². The molecule has 0 aromatic carbocycles. The summed E-state index contributed by atoms with van der Waals surface area (Å²) in [6.45, 7) is 4.61. The molecule has 504 valence electrons. The maximum absolute atomic E-state index is 10.5. The number of hydrogen-bond acceptors (Lipinski definition) is 2. The van der Waals surface area contributed by atoms with E-state index in [4.69, 9.17) is 10.2 Å². The zero-order valence-corrected chi connectivity index (χ0v) is 58.5. The van der Waals surface area contributed by atoms with Crippen LogP contribution in [0.1, 0.15) is 502 Å². The van der Waals surface area contributed by atoms with E-state index >= 15 is 0 Å². The van der Waals surface area contributed by atoms with E-state index in [1.807, 2.05) is 0 Å². The van der Waals surface area contributed by atoms with Crippen molar-refractivity contribution >= 4 is 11.9 Å². The summed E-state index contributed by atoms with van der Waals surface area (Å²) in [7, 11) is 0. The lowest BCUT2D eigenvalue weighted by atomic mass is 10.0. The molecule has 0 aliphatic rings. The predicted molar refractivity (Wildman–Crippen MR) is 378 cm³/mol. The van der Waals surface area contributed by atoms with Crippen LogP contribution in [-0.4, -0.2) is 22.2 Å². The van der Waals surface area contributed by atoms with E-state index in [2.05, 4.69) is 13.8 Å². The Morgan fingerprint density at radius 1 is 0.143 bits per heavy atom. The van der Waals surface area contributed by atoms with E-state index in [-0.39, 0.29) is 0 Å². The van der Waals surface area contributed by atoms with E-state index in [1.54, 1.807) is 0 Å². The molecule has 0 saturated carbocycles. The standard InChI is InChI=1S/2C40H80O2/c2*1-2-3-4-5-6-7-8-9-10-11-12-13-14-15-16-17-18-19-20-21-22-23-24-25-26-27-28-29-30-31-32-33-34-35-36-37-38-39-40(41)42/h2*2-39H2,1H3,(H,41,42). The van der Waals surface area contributed by atoms with Crippen LogP contribution in [0.4, 0.5) is 0 Å². The van der Waals surface area contributed by atoms with Gasteiger partial charge < -0.3 is 10.2 Å². The molecule has 84 heavy (non-hydrogen) atoms. The monoisotopic (exact) mass is 1190 g/mol. The fourth-order valence-electron chi connectivity index (χ4n) is 13.1. The van der Waals surface area contributed by atoms with E-state index in [0.717, 1.165) is 25.7 Å². The van der Waals surface area contributed by atoms with Gasteiger partial charge in [-0.1, -0.05) is 476 Å². The Morgan fingerprint density at radius 3 is 0.286 bits per heavy atom. The van der Waals surface area contributed by atoms with Crippen molar-refractivity contribution < 1.29 is 19.8 Å². The van der Waals surface area contributed by atoms with E-state index < -0.39 is 11.9 Å². The van der Waals surface area contributed by atoms with Gasteiger partial charge in [-0.15, -0.1) is 0 Å². The number of hydrogen-bond donors (Lipinski definition) is 2. The highest BCUT2D eigenvalue weighted by Gasteiger charge is 2.02. The summed E-state index contributed by atoms with van der Waals surface area (Å²) in [6, 6.07) is 0. The van der Waals surface area contributed by atoms with Gasteiger partial charge in [0.05, 0.1) is 0 Å². The molecule has 0 rings (SSSR count). The Kier molecular flexibility index (Phi) is 82.9. The molecule has 0 radical (unpaired) electrons. The van der Waals surface area contributed by atoms with Gasteiger partial charge in [-0.25, -0.2) is 0 Å². The van der Waals surface area contributed by atoms with Crippen LogP contribution in [0.15, 0.2) is 0 Å². The summed E-state index contributed by atoms with van der Waals surface area (Å²) >= 11 is 0. The lowest BCUT2D eigenvalue weighted by Gasteiger charge is -2.05. The van der Waals surface area contributed by atoms with Crippen LogP contribution in [0.25, 0.3) is 0 Å². The third-order valence-electron chi connectivity index (χ3n) is 19.0. The third kappa shape index (κ3) is 87.4. The molecule has 0 atom stereocenters. The summed E-state index contributed by atoms with van der Waals surface area (Å²) in [5.41, 5.74) is 0. The molecular formula is C80H160O4. The van der Waals surface area contributed by atoms with Crippen LogP contribution in [0.2, 0.25) is 0 Å². The molecule has 0 aromatic rings. The molecule has 2 N–H and O–H groups in total. The van der Waals surface area contributed by atoms with Crippen LogP contribution >= 0.6 is 0 Å². The van der Waals surface area contributed by atoms with Crippen LogP contribution in [0.5, 0.6) is 0 Å². The highest BCUT2D eigenvalue weighted by atomic mass is 16.4. The molecule has 0 aromatic heterocycles. The van der Waals surface area contributed by atoms with Crippen LogP contribution in [0.3, 0.4) is 0 Å². The summed E-state index contributed by atoms with van der Waals surface area (Å²) < 4.78 is 0. The highest BCUT2D eigenvalue weighted by molar-refractivity contribution is 5.66. The fraction of sp³-hybridized carbons (Fsp3) is 0.975. The largest absolute Gasteiger partial charge is 0.481 e. The highest BCUT2D eigenvalue weighted by Crippen LogP contribution is 2.21. The van der Waals surface area contributed by atoms with Crippen LogP contribution in [-0.2, 0) is 9.59 Å². The maximum atomic E-state index is 10.5. The molecule has 0 bridgehead atoms. The maximum Gasteiger partial charge on any atom is 0.303 e. The average Bonchev–Trinajstić information content (AvgIpc) is 3.48. The van der Waals surface area contributed by atoms with Crippen LogP contribution in [0, 0.1) is 0 Å². The zero-order chi connectivity index (χ0) is 60.9. The topological polar surface area (TPSA) is 74.6 Å². The number of carbonyl (C=O) groups is 2. The molecule has 0 saturated heterocycles. The van der Waals surface area contributed by atoms with E-state index in [9.17, 15) is 9.59 Å². The van der Waals surface area contributed by atoms with Crippen molar-refractivity contribution in [3.8, 4) is 0 Å². The van der Waals surface area contributed by atoms with Crippen molar-refractivity contribution in [2.45, 2.75) is 502 Å². The molecular weight excluding hydrogens is 1020 g/mol. The van der Waals surface area contributed by atoms with Gasteiger partial charge in [0, 0.05) is 12.8 Å². The van der Waals surface area contributed by atoms with Crippen molar-refractivity contribution in [2.24, 2.45) is 0 Å². The first kappa shape index (κ1) is 85.0. The summed E-state index contributed by atoms with van der Waals surface area (Å²) in [5.74, 6) is -1.29. The van der Waals surface area contributed by atoms with Crippen molar-refractivity contribution in [3.05, 3.63) is 0 Å². The molecule has 0 heterocycles. The summed E-state index contributed by atoms with van der Waals surface area (Å²) in [5, 5.41) is 17.3. The van der Waals surface area contributed by atoms with Crippen molar-refractivity contribution in [1.82, 2.24) is 0 Å². The molecule has 0 fully saturated rings. The number of carboxylic acids is 2. The average molecular weight is 1190 g/mol. The fourth-order valence-corrected chi connectivity index (χ4v) is 13.1. The van der Waals surface area contributed by atoms with Gasteiger partial charge >= 0.3 is 11.9 Å². The Morgan fingerprint density at radius 2 is 0.214 bits per heavy atom. The quantitative estimate of drug-likeness (QED) is 0.0595. The van der Waals surface area contributed by atoms with E-state index in [1.165, 1.54) is 449 Å². The van der Waals surface area contributed by atoms with Gasteiger partial charge in [0.2, 0.25) is 0 Å². The summed E-state index contributed by atoms with van der Waals surface area (Å²) in [6.07, 6.45) is 106. The zero-order valence-electron chi connectivity index (χ0n) is 58.5. The Bertz CT molecular complexity index is 1060. The number of rotatable bonds is 76. The van der Waals surface area contributed by atoms with E-state index in [0.29, 0.717) is 12.8 Å². The number of aliphatic carboxylic acids is 2. The normalized spacial score (nSPS) is 11.5. The number of unbranched alkanes of at least 4 members (excludes halogenated alkanes) is 72. The molecule has 4 nitrogen and oxygen atoms in total. The Labute approximate surface area is 530 Å². The smallest absolute Gasteiger partial charge is 0.303 e. The second-order valence-electron chi connectivity index (χ2n) is 27.7. The van der Waals surface area contributed by atoms with Crippen LogP contribution < -0.4 is 0 Å². The molecule has 0 unspecified atom stereocenters. The van der Waals surface area contributed by atoms with Gasteiger partial charge in [-0.3, -0.25) is 9.59 Å². The molecule has 0 aliphatic carbocycles. The summed E-state index contributed by atoms with van der Waals surface area (Å²) in [4.78, 5) is 21.0. The first-order valence-electron chi connectivity index (χ1n) is 40.0. The SMILES string of the molecule is CCCCCCCCCCCCCCCCCCCCCCCCCCCCCCCCCCCCCCCC(=O)O.CCCCCCCCCCCCCCCCCCCCCCCCCCCCCCCCCCCCCCCC(=O)O. The molecule has 0 spiro atoms. The molecule has 0 amide bonds. The minimum absolute atomic E-state index is 0.347. The lowest BCUT2D eigenvalue weighted by molar-refractivity contribution is -0.138. The second kappa shape index (κ2) is 81.9.